The molecule has 1 aliphatic rings. The number of hydrogen-bond acceptors (Lipinski definition) is 5. The molecule has 2 aromatic rings. The molecule has 0 spiro atoms. The number of anilines is 3. The summed E-state index contributed by atoms with van der Waals surface area (Å²) in [7, 11) is 2.95. The molecule has 0 radical (unpaired) electrons. The number of hydrogen-bond donors (Lipinski definition) is 2. The fourth-order valence-corrected chi connectivity index (χ4v) is 3.48. The summed E-state index contributed by atoms with van der Waals surface area (Å²) in [6.07, 6.45) is 0.0896. The third-order valence-electron chi connectivity index (χ3n) is 4.73. The maximum absolute atomic E-state index is 12.8. The summed E-state index contributed by atoms with van der Waals surface area (Å²) in [5, 5.41) is 5.83. The van der Waals surface area contributed by atoms with Crippen molar-refractivity contribution in [2.45, 2.75) is 13.3 Å². The van der Waals surface area contributed by atoms with Gasteiger partial charge in [0.25, 0.3) is 0 Å². The van der Waals surface area contributed by atoms with Gasteiger partial charge in [0.05, 0.1) is 30.8 Å². The van der Waals surface area contributed by atoms with E-state index in [9.17, 15) is 14.4 Å². The zero-order valence-corrected chi connectivity index (χ0v) is 17.6. The summed E-state index contributed by atoms with van der Waals surface area (Å²) in [4.78, 5) is 38.0. The van der Waals surface area contributed by atoms with E-state index in [2.05, 4.69) is 10.6 Å². The number of rotatable bonds is 6. The Morgan fingerprint density at radius 1 is 1.07 bits per heavy atom. The number of nitrogens with one attached hydrogen (secondary N) is 2. The zero-order chi connectivity index (χ0) is 21.8. The third kappa shape index (κ3) is 4.65. The Balaban J connectivity index is 1.72. The van der Waals surface area contributed by atoms with E-state index in [1.54, 1.807) is 41.3 Å². The van der Waals surface area contributed by atoms with Crippen LogP contribution in [0.5, 0.6) is 11.5 Å². The molecule has 2 N–H and O–H groups in total. The first-order chi connectivity index (χ1) is 14.3. The molecule has 1 aliphatic heterocycles. The van der Waals surface area contributed by atoms with E-state index < -0.39 is 5.92 Å². The van der Waals surface area contributed by atoms with Gasteiger partial charge in [-0.25, -0.2) is 0 Å². The predicted octanol–water partition coefficient (Wildman–Crippen LogP) is 3.31. The average molecular weight is 432 g/mol. The Morgan fingerprint density at radius 2 is 1.73 bits per heavy atom. The van der Waals surface area contributed by atoms with Gasteiger partial charge in [0.2, 0.25) is 17.7 Å². The Labute approximate surface area is 179 Å². The summed E-state index contributed by atoms with van der Waals surface area (Å²) in [6, 6.07) is 10.0. The summed E-state index contributed by atoms with van der Waals surface area (Å²) in [5.74, 6) is -0.364. The maximum Gasteiger partial charge on any atom is 0.229 e. The molecule has 2 aromatic carbocycles. The molecule has 0 saturated carbocycles. The third-order valence-corrected chi connectivity index (χ3v) is 5.02. The van der Waals surface area contributed by atoms with Crippen molar-refractivity contribution in [1.29, 1.82) is 0 Å². The lowest BCUT2D eigenvalue weighted by atomic mass is 10.1. The van der Waals surface area contributed by atoms with Gasteiger partial charge >= 0.3 is 0 Å². The highest BCUT2D eigenvalue weighted by atomic mass is 35.5. The van der Waals surface area contributed by atoms with Gasteiger partial charge in [-0.3, -0.25) is 14.4 Å². The van der Waals surface area contributed by atoms with E-state index in [-0.39, 0.29) is 30.7 Å². The molecule has 1 unspecified atom stereocenters. The molecule has 1 fully saturated rings. The number of carbonyl (C=O) groups is 3. The lowest BCUT2D eigenvalue weighted by Gasteiger charge is -2.18. The first-order valence-electron chi connectivity index (χ1n) is 9.22. The lowest BCUT2D eigenvalue weighted by molar-refractivity contribution is -0.122. The van der Waals surface area contributed by atoms with E-state index >= 15 is 0 Å². The van der Waals surface area contributed by atoms with Gasteiger partial charge in [0.15, 0.2) is 0 Å². The van der Waals surface area contributed by atoms with E-state index in [1.165, 1.54) is 21.1 Å². The largest absolute Gasteiger partial charge is 0.495 e. The minimum atomic E-state index is -0.529. The number of halogens is 1. The van der Waals surface area contributed by atoms with Crippen LogP contribution in [0.2, 0.25) is 5.02 Å². The smallest absolute Gasteiger partial charge is 0.229 e. The van der Waals surface area contributed by atoms with Crippen molar-refractivity contribution >= 4 is 46.4 Å². The van der Waals surface area contributed by atoms with Gasteiger partial charge in [-0.2, -0.15) is 0 Å². The highest BCUT2D eigenvalue weighted by molar-refractivity contribution is 6.32. The number of benzene rings is 2. The Bertz CT molecular complexity index is 977. The second kappa shape index (κ2) is 9.04. The van der Waals surface area contributed by atoms with Crippen LogP contribution in [0.1, 0.15) is 13.3 Å². The van der Waals surface area contributed by atoms with Gasteiger partial charge < -0.3 is 25.0 Å². The Hall–Kier alpha value is -3.26. The first-order valence-corrected chi connectivity index (χ1v) is 9.60. The molecule has 1 heterocycles. The Kier molecular flexibility index (Phi) is 6.47. The van der Waals surface area contributed by atoms with E-state index in [0.717, 1.165) is 0 Å². The topological polar surface area (TPSA) is 97.0 Å². The highest BCUT2D eigenvalue weighted by Gasteiger charge is 2.35. The van der Waals surface area contributed by atoms with Crippen molar-refractivity contribution < 1.29 is 23.9 Å². The van der Waals surface area contributed by atoms with E-state index in [4.69, 9.17) is 21.1 Å². The minimum Gasteiger partial charge on any atom is -0.495 e. The second-order valence-corrected chi connectivity index (χ2v) is 7.22. The van der Waals surface area contributed by atoms with Crippen LogP contribution in [0.3, 0.4) is 0 Å². The molecule has 3 rings (SSSR count). The van der Waals surface area contributed by atoms with Crippen molar-refractivity contribution in [3.8, 4) is 11.5 Å². The van der Waals surface area contributed by atoms with Gasteiger partial charge in [0.1, 0.15) is 11.5 Å². The number of methoxy groups -OCH3 is 2. The Morgan fingerprint density at radius 3 is 2.33 bits per heavy atom. The first kappa shape index (κ1) is 21.4. The molecule has 1 atom stereocenters. The molecule has 158 valence electrons. The number of ether oxygens (including phenoxy) is 2. The second-order valence-electron chi connectivity index (χ2n) is 6.81. The van der Waals surface area contributed by atoms with Crippen LogP contribution in [0, 0.1) is 5.92 Å². The lowest BCUT2D eigenvalue weighted by Crippen LogP contribution is -2.28. The van der Waals surface area contributed by atoms with Crippen molar-refractivity contribution in [3.63, 3.8) is 0 Å². The summed E-state index contributed by atoms with van der Waals surface area (Å²) in [5.41, 5.74) is 1.71. The van der Waals surface area contributed by atoms with Gasteiger partial charge in [-0.15, -0.1) is 0 Å². The van der Waals surface area contributed by atoms with E-state index in [0.29, 0.717) is 33.6 Å². The highest BCUT2D eigenvalue weighted by Crippen LogP contribution is 2.36. The fourth-order valence-electron chi connectivity index (χ4n) is 3.25. The van der Waals surface area contributed by atoms with Crippen LogP contribution in [-0.2, 0) is 14.4 Å². The van der Waals surface area contributed by atoms with Gasteiger partial charge in [-0.1, -0.05) is 11.6 Å². The fraction of sp³-hybridized carbons (Fsp3) is 0.286. The average Bonchev–Trinajstić information content (AvgIpc) is 3.11. The van der Waals surface area contributed by atoms with Crippen molar-refractivity contribution in [3.05, 3.63) is 41.4 Å². The molecular weight excluding hydrogens is 410 g/mol. The van der Waals surface area contributed by atoms with Gasteiger partial charge in [0, 0.05) is 43.4 Å². The van der Waals surface area contributed by atoms with E-state index in [1.807, 2.05) is 0 Å². The quantitative estimate of drug-likeness (QED) is 0.731. The molecule has 0 aliphatic carbocycles. The minimum absolute atomic E-state index is 0.0896. The van der Waals surface area contributed by atoms with Crippen molar-refractivity contribution in [2.24, 2.45) is 5.92 Å². The van der Waals surface area contributed by atoms with Crippen molar-refractivity contribution in [2.75, 3.05) is 36.3 Å². The van der Waals surface area contributed by atoms with Crippen LogP contribution in [-0.4, -0.2) is 38.5 Å². The van der Waals surface area contributed by atoms with Crippen LogP contribution in [0.4, 0.5) is 17.1 Å². The predicted molar refractivity (Wildman–Crippen MR) is 114 cm³/mol. The standard InChI is InChI=1S/C21H22ClN3O5/c1-12(26)23-14-4-6-15(7-5-14)25-11-13(8-20(25)27)21(28)24-17-10-18(29-2)16(22)9-19(17)30-3/h4-7,9-10,13H,8,11H2,1-3H3,(H,23,26)(H,24,28). The molecule has 1 saturated heterocycles. The van der Waals surface area contributed by atoms with Crippen LogP contribution >= 0.6 is 11.6 Å². The molecular formula is C21H22ClN3O5. The number of amides is 3. The van der Waals surface area contributed by atoms with Crippen LogP contribution < -0.4 is 25.0 Å². The zero-order valence-electron chi connectivity index (χ0n) is 16.8. The maximum atomic E-state index is 12.8. The monoisotopic (exact) mass is 431 g/mol. The number of carbonyl (C=O) groups excluding carboxylic acids is 3. The SMILES string of the molecule is COc1cc(NC(=O)C2CC(=O)N(c3ccc(NC(C)=O)cc3)C2)c(OC)cc1Cl. The molecule has 8 nitrogen and oxygen atoms in total. The molecule has 9 heteroatoms. The molecule has 0 aromatic heterocycles. The molecule has 3 amide bonds. The molecule has 0 bridgehead atoms. The van der Waals surface area contributed by atoms with Crippen molar-refractivity contribution in [1.82, 2.24) is 0 Å². The summed E-state index contributed by atoms with van der Waals surface area (Å²) >= 11 is 6.10. The van der Waals surface area contributed by atoms with Crippen LogP contribution in [0.25, 0.3) is 0 Å². The normalized spacial score (nSPS) is 15.7. The van der Waals surface area contributed by atoms with Crippen LogP contribution in [0.15, 0.2) is 36.4 Å². The molecule has 30 heavy (non-hydrogen) atoms. The number of nitrogens with zero attached hydrogens (tertiary/aromatic N) is 1. The summed E-state index contributed by atoms with van der Waals surface area (Å²) < 4.78 is 10.5. The summed E-state index contributed by atoms with van der Waals surface area (Å²) in [6.45, 7) is 1.67. The van der Waals surface area contributed by atoms with Gasteiger partial charge in [-0.05, 0) is 24.3 Å².